The fourth-order valence-electron chi connectivity index (χ4n) is 2.66. The van der Waals surface area contributed by atoms with E-state index < -0.39 is 30.0 Å². The number of carbonyl (C=O) groups is 2. The third-order valence-electron chi connectivity index (χ3n) is 3.92. The summed E-state index contributed by atoms with van der Waals surface area (Å²) in [7, 11) is 0. The van der Waals surface area contributed by atoms with E-state index in [1.54, 1.807) is 13.8 Å². The predicted molar refractivity (Wildman–Crippen MR) is 99.2 cm³/mol. The predicted octanol–water partition coefficient (Wildman–Crippen LogP) is 1.85. The minimum Gasteiger partial charge on any atom is -0.406 e. The number of carbonyl (C=O) groups excluding carboxylic acids is 2. The molecule has 1 atom stereocenters. The summed E-state index contributed by atoms with van der Waals surface area (Å²) >= 11 is 0. The molecule has 2 heterocycles. The smallest absolute Gasteiger partial charge is 0.406 e. The second-order valence-corrected chi connectivity index (χ2v) is 6.33. The zero-order valence-corrected chi connectivity index (χ0v) is 16.2. The van der Waals surface area contributed by atoms with Gasteiger partial charge in [0.25, 0.3) is 11.8 Å². The van der Waals surface area contributed by atoms with E-state index in [1.807, 2.05) is 0 Å². The number of nitrogens with one attached hydrogen (secondary N) is 1. The number of hydrogen-bond acceptors (Lipinski definition) is 7. The molecule has 3 rings (SSSR count). The van der Waals surface area contributed by atoms with Crippen molar-refractivity contribution < 1.29 is 27.5 Å². The number of nitrogens with two attached hydrogens (primary N) is 1. The number of primary amides is 1. The van der Waals surface area contributed by atoms with E-state index in [9.17, 15) is 22.8 Å². The Morgan fingerprint density at radius 2 is 1.97 bits per heavy atom. The summed E-state index contributed by atoms with van der Waals surface area (Å²) < 4.78 is 42.4. The van der Waals surface area contributed by atoms with Gasteiger partial charge < -0.3 is 15.8 Å². The van der Waals surface area contributed by atoms with Gasteiger partial charge in [0.2, 0.25) is 0 Å². The van der Waals surface area contributed by atoms with E-state index in [1.165, 1.54) is 22.9 Å². The first-order chi connectivity index (χ1) is 14.5. The van der Waals surface area contributed by atoms with Crippen LogP contribution in [0.4, 0.5) is 13.2 Å². The molecule has 2 aromatic heterocycles. The first kappa shape index (κ1) is 21.7. The van der Waals surface area contributed by atoms with Crippen LogP contribution in [0, 0.1) is 6.92 Å². The molecule has 162 valence electrons. The Kier molecular flexibility index (Phi) is 5.86. The molecule has 0 aliphatic heterocycles. The lowest BCUT2D eigenvalue weighted by atomic mass is 10.2. The number of hydrogen-bond donors (Lipinski definition) is 2. The summed E-state index contributed by atoms with van der Waals surface area (Å²) in [5.41, 5.74) is 5.15. The van der Waals surface area contributed by atoms with Crippen LogP contribution in [0.3, 0.4) is 0 Å². The fourth-order valence-corrected chi connectivity index (χ4v) is 2.66. The third kappa shape index (κ3) is 5.32. The lowest BCUT2D eigenvalue weighted by Gasteiger charge is -2.15. The molecule has 31 heavy (non-hydrogen) atoms. The van der Waals surface area contributed by atoms with E-state index in [0.717, 1.165) is 18.5 Å². The van der Waals surface area contributed by atoms with Crippen molar-refractivity contribution in [3.8, 4) is 11.6 Å². The maximum absolute atomic E-state index is 12.6. The number of nitrogens with zero attached hydrogens (tertiary/aromatic N) is 5. The Bertz CT molecular complexity index is 1130. The van der Waals surface area contributed by atoms with Gasteiger partial charge in [-0.15, -0.1) is 18.3 Å². The number of amides is 2. The number of ether oxygens (including phenoxy) is 1. The molecule has 10 nitrogen and oxygen atoms in total. The number of aryl methyl sites for hydroxylation is 1. The average molecular weight is 435 g/mol. The quantitative estimate of drug-likeness (QED) is 0.603. The van der Waals surface area contributed by atoms with Crippen molar-refractivity contribution in [1.29, 1.82) is 0 Å². The maximum atomic E-state index is 12.6. The van der Waals surface area contributed by atoms with Crippen LogP contribution in [-0.2, 0) is 0 Å². The molecule has 3 aromatic rings. The van der Waals surface area contributed by atoms with Gasteiger partial charge in [-0.25, -0.2) is 15.0 Å². The SMILES string of the molecule is Cc1nc([C@H](C)NC(=O)c2cccc(OC(F)(F)F)c2)n(-c2cc(C(N)=O)ncn2)n1. The number of benzene rings is 1. The molecule has 3 N–H and O–H groups in total. The van der Waals surface area contributed by atoms with Gasteiger partial charge in [0.05, 0.1) is 6.04 Å². The number of halogens is 3. The van der Waals surface area contributed by atoms with Crippen LogP contribution in [0.25, 0.3) is 5.82 Å². The van der Waals surface area contributed by atoms with Crippen molar-refractivity contribution >= 4 is 11.8 Å². The minimum atomic E-state index is -4.88. The Morgan fingerprint density at radius 3 is 2.65 bits per heavy atom. The maximum Gasteiger partial charge on any atom is 0.573 e. The molecule has 1 aromatic carbocycles. The molecular weight excluding hydrogens is 419 g/mol. The molecule has 0 saturated carbocycles. The number of aromatic nitrogens is 5. The van der Waals surface area contributed by atoms with Gasteiger partial charge in [-0.2, -0.15) is 4.68 Å². The molecule has 0 saturated heterocycles. The Morgan fingerprint density at radius 1 is 1.23 bits per heavy atom. The van der Waals surface area contributed by atoms with Crippen molar-refractivity contribution in [2.24, 2.45) is 5.73 Å². The second-order valence-electron chi connectivity index (χ2n) is 6.33. The highest BCUT2D eigenvalue weighted by Gasteiger charge is 2.31. The minimum absolute atomic E-state index is 0.0396. The molecule has 0 fully saturated rings. The highest BCUT2D eigenvalue weighted by atomic mass is 19.4. The summed E-state index contributed by atoms with van der Waals surface area (Å²) in [6.45, 7) is 3.22. The van der Waals surface area contributed by atoms with Crippen LogP contribution in [-0.4, -0.2) is 42.9 Å². The molecule has 0 unspecified atom stereocenters. The van der Waals surface area contributed by atoms with Gasteiger partial charge in [0.1, 0.15) is 23.6 Å². The molecule has 2 amide bonds. The largest absolute Gasteiger partial charge is 0.573 e. The Balaban J connectivity index is 1.84. The standard InChI is InChI=1S/C18H16F3N7O3/c1-9(25-17(30)11-4-3-5-12(6-11)31-18(19,20)21)16-26-10(2)27-28(16)14-7-13(15(22)29)23-8-24-14/h3-9H,1-2H3,(H2,22,29)(H,25,30)/t9-/m0/s1. The molecule has 0 aliphatic carbocycles. The Labute approximate surface area is 173 Å². The van der Waals surface area contributed by atoms with Crippen LogP contribution in [0.2, 0.25) is 0 Å². The van der Waals surface area contributed by atoms with Gasteiger partial charge in [-0.05, 0) is 32.0 Å². The van der Waals surface area contributed by atoms with Crippen LogP contribution in [0.5, 0.6) is 5.75 Å². The van der Waals surface area contributed by atoms with Crippen molar-refractivity contribution in [3.05, 3.63) is 59.6 Å². The molecule has 0 aliphatic rings. The second kappa shape index (κ2) is 8.38. The monoisotopic (exact) mass is 435 g/mol. The molecule has 0 bridgehead atoms. The van der Waals surface area contributed by atoms with E-state index >= 15 is 0 Å². The van der Waals surface area contributed by atoms with E-state index in [2.05, 4.69) is 30.1 Å². The first-order valence-electron chi connectivity index (χ1n) is 8.76. The number of alkyl halides is 3. The van der Waals surface area contributed by atoms with Crippen LogP contribution in [0.1, 0.15) is 45.5 Å². The molecule has 0 radical (unpaired) electrons. The summed E-state index contributed by atoms with van der Waals surface area (Å²) in [4.78, 5) is 36.0. The van der Waals surface area contributed by atoms with Gasteiger partial charge in [-0.3, -0.25) is 9.59 Å². The normalized spacial score (nSPS) is 12.3. The summed E-state index contributed by atoms with van der Waals surface area (Å²) in [5.74, 6) is -1.12. The van der Waals surface area contributed by atoms with Crippen molar-refractivity contribution in [2.45, 2.75) is 26.3 Å². The van der Waals surface area contributed by atoms with Gasteiger partial charge >= 0.3 is 6.36 Å². The van der Waals surface area contributed by atoms with Crippen LogP contribution >= 0.6 is 0 Å². The van der Waals surface area contributed by atoms with E-state index in [4.69, 9.17) is 5.73 Å². The van der Waals surface area contributed by atoms with Gasteiger partial charge in [0.15, 0.2) is 11.6 Å². The zero-order valence-electron chi connectivity index (χ0n) is 16.2. The summed E-state index contributed by atoms with van der Waals surface area (Å²) in [6, 6.07) is 5.23. The lowest BCUT2D eigenvalue weighted by Crippen LogP contribution is -2.29. The van der Waals surface area contributed by atoms with E-state index in [0.29, 0.717) is 5.82 Å². The zero-order chi connectivity index (χ0) is 22.8. The van der Waals surface area contributed by atoms with Crippen molar-refractivity contribution in [3.63, 3.8) is 0 Å². The number of rotatable bonds is 6. The first-order valence-corrected chi connectivity index (χ1v) is 8.76. The van der Waals surface area contributed by atoms with Crippen molar-refractivity contribution in [2.75, 3.05) is 0 Å². The summed E-state index contributed by atoms with van der Waals surface area (Å²) in [5, 5.41) is 6.83. The van der Waals surface area contributed by atoms with E-state index in [-0.39, 0.29) is 22.9 Å². The Hall–Kier alpha value is -4.03. The third-order valence-corrected chi connectivity index (χ3v) is 3.92. The molecular formula is C18H16F3N7O3. The van der Waals surface area contributed by atoms with Crippen LogP contribution in [0.15, 0.2) is 36.7 Å². The highest BCUT2D eigenvalue weighted by molar-refractivity contribution is 5.94. The average Bonchev–Trinajstić information content (AvgIpc) is 3.09. The lowest BCUT2D eigenvalue weighted by molar-refractivity contribution is -0.274. The molecule has 0 spiro atoms. The van der Waals surface area contributed by atoms with Crippen molar-refractivity contribution in [1.82, 2.24) is 30.0 Å². The highest BCUT2D eigenvalue weighted by Crippen LogP contribution is 2.24. The topological polar surface area (TPSA) is 138 Å². The molecule has 13 heteroatoms. The van der Waals surface area contributed by atoms with Gasteiger partial charge in [0, 0.05) is 11.6 Å². The van der Waals surface area contributed by atoms with Crippen LogP contribution < -0.4 is 15.8 Å². The van der Waals surface area contributed by atoms with Gasteiger partial charge in [-0.1, -0.05) is 6.07 Å². The fraction of sp³-hybridized carbons (Fsp3) is 0.222. The summed E-state index contributed by atoms with van der Waals surface area (Å²) in [6.07, 6.45) is -3.75.